The number of aromatic nitrogens is 1. The first-order chi connectivity index (χ1) is 9.61. The molecular formula is C13H22N4O2S. The van der Waals surface area contributed by atoms with Crippen LogP contribution in [0.3, 0.4) is 0 Å². The molecule has 0 radical (unpaired) electrons. The summed E-state index contributed by atoms with van der Waals surface area (Å²) in [6.07, 6.45) is 3.11. The monoisotopic (exact) mass is 298 g/mol. The Morgan fingerprint density at radius 1 is 1.30 bits per heavy atom. The van der Waals surface area contributed by atoms with Gasteiger partial charge in [0.15, 0.2) is 0 Å². The van der Waals surface area contributed by atoms with Crippen molar-refractivity contribution in [3.8, 4) is 0 Å². The van der Waals surface area contributed by atoms with E-state index in [1.54, 1.807) is 12.3 Å². The van der Waals surface area contributed by atoms with Crippen LogP contribution in [0.2, 0.25) is 0 Å². The number of sulfonamides is 1. The maximum atomic E-state index is 12.7. The number of hydrogen-bond donors (Lipinski definition) is 1. The van der Waals surface area contributed by atoms with Crippen LogP contribution in [-0.2, 0) is 10.0 Å². The van der Waals surface area contributed by atoms with Gasteiger partial charge >= 0.3 is 0 Å². The Kier molecular flexibility index (Phi) is 4.95. The van der Waals surface area contributed by atoms with Crippen molar-refractivity contribution in [1.82, 2.24) is 14.6 Å². The Bertz CT molecular complexity index is 537. The molecule has 0 bridgehead atoms. The quantitative estimate of drug-likeness (QED) is 0.858. The first kappa shape index (κ1) is 15.2. The molecule has 0 atom stereocenters. The van der Waals surface area contributed by atoms with Crippen molar-refractivity contribution in [3.63, 3.8) is 0 Å². The summed E-state index contributed by atoms with van der Waals surface area (Å²) in [5, 5.41) is 3.27. The zero-order chi connectivity index (χ0) is 14.6. The zero-order valence-electron chi connectivity index (χ0n) is 12.0. The number of nitrogens with zero attached hydrogens (tertiary/aromatic N) is 3. The minimum atomic E-state index is -3.47. The number of anilines is 1. The molecule has 0 amide bonds. The van der Waals surface area contributed by atoms with Crippen LogP contribution < -0.4 is 10.2 Å². The molecule has 1 aromatic rings. The Morgan fingerprint density at radius 2 is 1.95 bits per heavy atom. The van der Waals surface area contributed by atoms with E-state index in [0.717, 1.165) is 31.9 Å². The van der Waals surface area contributed by atoms with E-state index in [9.17, 15) is 8.42 Å². The molecule has 20 heavy (non-hydrogen) atoms. The van der Waals surface area contributed by atoms with Crippen LogP contribution in [-0.4, -0.2) is 57.0 Å². The molecule has 0 aromatic carbocycles. The van der Waals surface area contributed by atoms with Crippen molar-refractivity contribution in [2.24, 2.45) is 0 Å². The predicted molar refractivity (Wildman–Crippen MR) is 79.4 cm³/mol. The molecule has 0 unspecified atom stereocenters. The number of nitrogens with one attached hydrogen (secondary N) is 1. The van der Waals surface area contributed by atoms with Crippen LogP contribution in [0.1, 0.15) is 13.8 Å². The Hall–Kier alpha value is -1.18. The highest BCUT2D eigenvalue weighted by Gasteiger charge is 2.27. The van der Waals surface area contributed by atoms with E-state index in [1.165, 1.54) is 10.5 Å². The minimum Gasteiger partial charge on any atom is -0.368 e. The lowest BCUT2D eigenvalue weighted by Crippen LogP contribution is -2.44. The lowest BCUT2D eigenvalue weighted by atomic mass is 10.3. The van der Waals surface area contributed by atoms with Gasteiger partial charge in [0.1, 0.15) is 4.90 Å². The number of piperazine rings is 1. The summed E-state index contributed by atoms with van der Waals surface area (Å²) in [6.45, 7) is 7.99. The van der Waals surface area contributed by atoms with E-state index in [4.69, 9.17) is 0 Å². The van der Waals surface area contributed by atoms with Crippen molar-refractivity contribution >= 4 is 15.7 Å². The SMILES string of the molecule is CCN(CC)S(=O)(=O)c1cnccc1N1CCNCC1. The lowest BCUT2D eigenvalue weighted by Gasteiger charge is -2.31. The van der Waals surface area contributed by atoms with Gasteiger partial charge < -0.3 is 10.2 Å². The molecule has 2 heterocycles. The molecule has 1 aromatic heterocycles. The number of pyridine rings is 1. The van der Waals surface area contributed by atoms with Gasteiger partial charge in [-0.2, -0.15) is 4.31 Å². The van der Waals surface area contributed by atoms with Crippen LogP contribution >= 0.6 is 0 Å². The summed E-state index contributed by atoms with van der Waals surface area (Å²) in [4.78, 5) is 6.43. The average Bonchev–Trinajstić information content (AvgIpc) is 2.49. The molecule has 1 aliphatic heterocycles. The third kappa shape index (κ3) is 2.94. The van der Waals surface area contributed by atoms with Crippen LogP contribution in [0, 0.1) is 0 Å². The topological polar surface area (TPSA) is 65.5 Å². The fraction of sp³-hybridized carbons (Fsp3) is 0.615. The van der Waals surface area contributed by atoms with Crippen molar-refractivity contribution < 1.29 is 8.42 Å². The highest BCUT2D eigenvalue weighted by molar-refractivity contribution is 7.89. The van der Waals surface area contributed by atoms with Crippen LogP contribution in [0.4, 0.5) is 5.69 Å². The van der Waals surface area contributed by atoms with E-state index < -0.39 is 10.0 Å². The van der Waals surface area contributed by atoms with Gasteiger partial charge in [-0.1, -0.05) is 13.8 Å². The standard InChI is InChI=1S/C13H22N4O2S/c1-3-17(4-2)20(18,19)13-11-15-6-5-12(13)16-9-7-14-8-10-16/h5-6,11,14H,3-4,7-10H2,1-2H3. The van der Waals surface area contributed by atoms with Gasteiger partial charge in [-0.25, -0.2) is 8.42 Å². The maximum absolute atomic E-state index is 12.7. The second kappa shape index (κ2) is 6.51. The van der Waals surface area contributed by atoms with Crippen LogP contribution in [0.25, 0.3) is 0 Å². The summed E-state index contributed by atoms with van der Waals surface area (Å²) in [6, 6.07) is 1.79. The van der Waals surface area contributed by atoms with Gasteiger partial charge in [-0.3, -0.25) is 4.98 Å². The highest BCUT2D eigenvalue weighted by atomic mass is 32.2. The van der Waals surface area contributed by atoms with Crippen molar-refractivity contribution in [1.29, 1.82) is 0 Å². The molecule has 1 N–H and O–H groups in total. The third-order valence-corrected chi connectivity index (χ3v) is 5.61. The van der Waals surface area contributed by atoms with E-state index in [1.807, 2.05) is 13.8 Å². The van der Waals surface area contributed by atoms with Crippen LogP contribution in [0.15, 0.2) is 23.4 Å². The molecule has 7 heteroatoms. The van der Waals surface area contributed by atoms with Crippen molar-refractivity contribution in [2.75, 3.05) is 44.2 Å². The smallest absolute Gasteiger partial charge is 0.246 e. The minimum absolute atomic E-state index is 0.311. The van der Waals surface area contributed by atoms with Gasteiger partial charge in [0, 0.05) is 51.7 Å². The average molecular weight is 298 g/mol. The molecular weight excluding hydrogens is 276 g/mol. The van der Waals surface area contributed by atoms with Gasteiger partial charge in [0.25, 0.3) is 0 Å². The molecule has 1 saturated heterocycles. The molecule has 0 spiro atoms. The van der Waals surface area contributed by atoms with Gasteiger partial charge in [-0.05, 0) is 6.07 Å². The van der Waals surface area contributed by atoms with Gasteiger partial charge in [0.2, 0.25) is 10.0 Å². The zero-order valence-corrected chi connectivity index (χ0v) is 12.9. The normalized spacial score (nSPS) is 16.6. The predicted octanol–water partition coefficient (Wildman–Crippen LogP) is 0.522. The summed E-state index contributed by atoms with van der Waals surface area (Å²) < 4.78 is 26.9. The van der Waals surface area contributed by atoms with Gasteiger partial charge in [0.05, 0.1) is 5.69 Å². The summed E-state index contributed by atoms with van der Waals surface area (Å²) in [5.74, 6) is 0. The first-order valence-corrected chi connectivity index (χ1v) is 8.45. The largest absolute Gasteiger partial charge is 0.368 e. The fourth-order valence-electron chi connectivity index (χ4n) is 2.44. The van der Waals surface area contributed by atoms with E-state index >= 15 is 0 Å². The fourth-order valence-corrected chi connectivity index (χ4v) is 4.05. The lowest BCUT2D eigenvalue weighted by molar-refractivity contribution is 0.444. The number of hydrogen-bond acceptors (Lipinski definition) is 5. The Morgan fingerprint density at radius 3 is 2.55 bits per heavy atom. The molecule has 0 aliphatic carbocycles. The van der Waals surface area contributed by atoms with Crippen LogP contribution in [0.5, 0.6) is 0 Å². The van der Waals surface area contributed by atoms with Gasteiger partial charge in [-0.15, -0.1) is 0 Å². The molecule has 1 fully saturated rings. The Labute approximate surface area is 120 Å². The summed E-state index contributed by atoms with van der Waals surface area (Å²) in [7, 11) is -3.47. The molecule has 112 valence electrons. The number of rotatable bonds is 5. The highest BCUT2D eigenvalue weighted by Crippen LogP contribution is 2.27. The second-order valence-corrected chi connectivity index (χ2v) is 6.58. The van der Waals surface area contributed by atoms with E-state index in [0.29, 0.717) is 18.0 Å². The summed E-state index contributed by atoms with van der Waals surface area (Å²) >= 11 is 0. The molecule has 0 saturated carbocycles. The van der Waals surface area contributed by atoms with Crippen molar-refractivity contribution in [2.45, 2.75) is 18.7 Å². The Balaban J connectivity index is 2.41. The third-order valence-electron chi connectivity index (χ3n) is 3.54. The van der Waals surface area contributed by atoms with E-state index in [-0.39, 0.29) is 0 Å². The molecule has 1 aliphatic rings. The van der Waals surface area contributed by atoms with E-state index in [2.05, 4.69) is 15.2 Å². The van der Waals surface area contributed by atoms with Crippen molar-refractivity contribution in [3.05, 3.63) is 18.5 Å². The maximum Gasteiger partial charge on any atom is 0.246 e. The summed E-state index contributed by atoms with van der Waals surface area (Å²) in [5.41, 5.74) is 0.758. The molecule has 2 rings (SSSR count). The second-order valence-electron chi connectivity index (χ2n) is 4.67. The molecule has 6 nitrogen and oxygen atoms in total. The first-order valence-electron chi connectivity index (χ1n) is 7.01.